The number of Topliss-reactive ketones (excluding diaryl/α,β-unsaturated/α-hetero) is 1. The molecule has 0 aliphatic carbocycles. The summed E-state index contributed by atoms with van der Waals surface area (Å²) in [5, 5.41) is 11.4. The third kappa shape index (κ3) is 4.34. The Kier molecular flexibility index (Phi) is 6.55. The Hall–Kier alpha value is -3.86. The Morgan fingerprint density at radius 2 is 1.65 bits per heavy atom. The number of ketones is 1. The molecule has 4 rings (SSSR count). The Morgan fingerprint density at radius 1 is 0.941 bits per heavy atom. The highest BCUT2D eigenvalue weighted by molar-refractivity contribution is 6.51. The highest BCUT2D eigenvalue weighted by atomic mass is 16.5. The highest BCUT2D eigenvalue weighted by Gasteiger charge is 2.47. The van der Waals surface area contributed by atoms with Crippen LogP contribution in [0, 0.1) is 20.8 Å². The van der Waals surface area contributed by atoms with Gasteiger partial charge in [-0.25, -0.2) is 0 Å². The van der Waals surface area contributed by atoms with Crippen LogP contribution in [0.4, 0.5) is 5.69 Å². The third-order valence-electron chi connectivity index (χ3n) is 5.99. The predicted molar refractivity (Wildman–Crippen MR) is 134 cm³/mol. The van der Waals surface area contributed by atoms with Gasteiger partial charge in [-0.3, -0.25) is 14.5 Å². The Morgan fingerprint density at radius 3 is 2.29 bits per heavy atom. The normalized spacial score (nSPS) is 17.3. The van der Waals surface area contributed by atoms with Crippen molar-refractivity contribution in [1.82, 2.24) is 0 Å². The smallest absolute Gasteiger partial charge is 0.300 e. The topological polar surface area (TPSA) is 66.8 Å². The summed E-state index contributed by atoms with van der Waals surface area (Å²) >= 11 is 0. The van der Waals surface area contributed by atoms with Crippen LogP contribution in [0.15, 0.2) is 72.3 Å². The first-order valence-electron chi connectivity index (χ1n) is 11.5. The number of nitrogens with zero attached hydrogens (tertiary/aromatic N) is 1. The van der Waals surface area contributed by atoms with E-state index in [0.29, 0.717) is 17.9 Å². The molecule has 1 aliphatic rings. The molecule has 1 amide bonds. The first-order chi connectivity index (χ1) is 16.3. The summed E-state index contributed by atoms with van der Waals surface area (Å²) < 4.78 is 5.75. The highest BCUT2D eigenvalue weighted by Crippen LogP contribution is 2.42. The van der Waals surface area contributed by atoms with Crippen LogP contribution < -0.4 is 9.64 Å². The summed E-state index contributed by atoms with van der Waals surface area (Å²) in [6.45, 7) is 8.42. The summed E-state index contributed by atoms with van der Waals surface area (Å²) in [6.07, 6.45) is 0.889. The van der Waals surface area contributed by atoms with Gasteiger partial charge in [0.2, 0.25) is 0 Å². The molecule has 174 valence electrons. The molecule has 3 aromatic carbocycles. The Balaban J connectivity index is 1.89. The molecule has 0 bridgehead atoms. The molecule has 5 heteroatoms. The minimum Gasteiger partial charge on any atom is -0.507 e. The van der Waals surface area contributed by atoms with E-state index >= 15 is 0 Å². The number of aliphatic hydroxyl groups excluding tert-OH is 1. The molecule has 0 aromatic heterocycles. The molecule has 1 heterocycles. The summed E-state index contributed by atoms with van der Waals surface area (Å²) in [5.41, 5.74) is 4.76. The fourth-order valence-electron chi connectivity index (χ4n) is 4.36. The number of aryl methyl sites for hydroxylation is 3. The zero-order chi connectivity index (χ0) is 24.4. The fraction of sp³-hybridized carbons (Fsp3) is 0.241. The molecular weight excluding hydrogens is 426 g/mol. The molecule has 3 aromatic rings. The molecule has 1 N–H and O–H groups in total. The second kappa shape index (κ2) is 9.56. The van der Waals surface area contributed by atoms with Gasteiger partial charge in [0.05, 0.1) is 18.2 Å². The first kappa shape index (κ1) is 23.3. The van der Waals surface area contributed by atoms with E-state index < -0.39 is 17.7 Å². The van der Waals surface area contributed by atoms with Crippen LogP contribution in [-0.4, -0.2) is 23.4 Å². The largest absolute Gasteiger partial charge is 0.507 e. The molecule has 0 radical (unpaired) electrons. The summed E-state index contributed by atoms with van der Waals surface area (Å²) in [6, 6.07) is 19.7. The molecular formula is C29H29NO4. The minimum absolute atomic E-state index is 0.0822. The quantitative estimate of drug-likeness (QED) is 0.280. The summed E-state index contributed by atoms with van der Waals surface area (Å²) in [7, 11) is 0. The van der Waals surface area contributed by atoms with Gasteiger partial charge in [0, 0.05) is 11.3 Å². The monoisotopic (exact) mass is 455 g/mol. The van der Waals surface area contributed by atoms with Crippen LogP contribution in [0.5, 0.6) is 5.75 Å². The summed E-state index contributed by atoms with van der Waals surface area (Å²) in [4.78, 5) is 28.1. The molecule has 1 unspecified atom stereocenters. The van der Waals surface area contributed by atoms with E-state index in [4.69, 9.17) is 4.74 Å². The van der Waals surface area contributed by atoms with Crippen LogP contribution >= 0.6 is 0 Å². The number of hydrogen-bond acceptors (Lipinski definition) is 4. The van der Waals surface area contributed by atoms with E-state index in [1.54, 1.807) is 18.2 Å². The summed E-state index contributed by atoms with van der Waals surface area (Å²) in [5.74, 6) is -0.813. The van der Waals surface area contributed by atoms with Crippen LogP contribution in [0.25, 0.3) is 5.76 Å². The van der Waals surface area contributed by atoms with Gasteiger partial charge in [-0.05, 0) is 74.2 Å². The first-order valence-corrected chi connectivity index (χ1v) is 11.5. The molecule has 1 fully saturated rings. The molecule has 0 saturated carbocycles. The van der Waals surface area contributed by atoms with Crippen molar-refractivity contribution in [3.8, 4) is 5.75 Å². The third-order valence-corrected chi connectivity index (χ3v) is 5.99. The zero-order valence-corrected chi connectivity index (χ0v) is 20.0. The number of ether oxygens (including phenoxy) is 1. The molecule has 1 saturated heterocycles. The lowest BCUT2D eigenvalue weighted by molar-refractivity contribution is -0.132. The van der Waals surface area contributed by atoms with Crippen molar-refractivity contribution >= 4 is 23.1 Å². The van der Waals surface area contributed by atoms with Crippen molar-refractivity contribution in [2.75, 3.05) is 11.5 Å². The maximum absolute atomic E-state index is 13.3. The number of benzene rings is 3. The van der Waals surface area contributed by atoms with E-state index in [-0.39, 0.29) is 11.3 Å². The van der Waals surface area contributed by atoms with E-state index in [0.717, 1.165) is 34.4 Å². The Bertz CT molecular complexity index is 1290. The molecule has 5 nitrogen and oxygen atoms in total. The van der Waals surface area contributed by atoms with Gasteiger partial charge < -0.3 is 9.84 Å². The molecule has 34 heavy (non-hydrogen) atoms. The number of anilines is 1. The van der Waals surface area contributed by atoms with Crippen molar-refractivity contribution in [2.24, 2.45) is 0 Å². The number of aliphatic hydroxyl groups is 1. The van der Waals surface area contributed by atoms with Crippen LogP contribution in [0.1, 0.15) is 47.2 Å². The standard InChI is InChI=1S/C29H29NO4/c1-5-14-34-24-13-12-22(17-20(24)4)27(31)25-26(21-10-6-8-18(2)15-21)30(29(33)28(25)32)23-11-7-9-19(3)16-23/h6-13,15-17,26,31H,5,14H2,1-4H3/b27-25-. The Labute approximate surface area is 200 Å². The average molecular weight is 456 g/mol. The molecule has 0 spiro atoms. The van der Waals surface area contributed by atoms with Gasteiger partial charge in [0.25, 0.3) is 11.7 Å². The minimum atomic E-state index is -0.738. The number of rotatable bonds is 6. The lowest BCUT2D eigenvalue weighted by Gasteiger charge is -2.26. The fourth-order valence-corrected chi connectivity index (χ4v) is 4.36. The van der Waals surface area contributed by atoms with Crippen LogP contribution in [-0.2, 0) is 9.59 Å². The van der Waals surface area contributed by atoms with Gasteiger partial charge in [-0.2, -0.15) is 0 Å². The number of hydrogen-bond donors (Lipinski definition) is 1. The SMILES string of the molecule is CCCOc1ccc(/C(O)=C2/C(=O)C(=O)N(c3cccc(C)c3)C2c2cccc(C)c2)cc1C. The van der Waals surface area contributed by atoms with Crippen molar-refractivity contribution in [1.29, 1.82) is 0 Å². The van der Waals surface area contributed by atoms with Crippen molar-refractivity contribution in [3.63, 3.8) is 0 Å². The lowest BCUT2D eigenvalue weighted by atomic mass is 9.93. The number of amides is 1. The van der Waals surface area contributed by atoms with Crippen molar-refractivity contribution in [2.45, 2.75) is 40.2 Å². The average Bonchev–Trinajstić information content (AvgIpc) is 3.08. The van der Waals surface area contributed by atoms with Crippen LogP contribution in [0.3, 0.4) is 0 Å². The lowest BCUT2D eigenvalue weighted by Crippen LogP contribution is -2.29. The van der Waals surface area contributed by atoms with Gasteiger partial charge >= 0.3 is 0 Å². The maximum atomic E-state index is 13.3. The second-order valence-electron chi connectivity index (χ2n) is 8.75. The van der Waals surface area contributed by atoms with E-state index in [1.807, 2.05) is 76.2 Å². The van der Waals surface area contributed by atoms with E-state index in [2.05, 4.69) is 0 Å². The van der Waals surface area contributed by atoms with Crippen molar-refractivity contribution < 1.29 is 19.4 Å². The van der Waals surface area contributed by atoms with Gasteiger partial charge in [0.15, 0.2) is 0 Å². The van der Waals surface area contributed by atoms with Crippen molar-refractivity contribution in [3.05, 3.63) is 100 Å². The van der Waals surface area contributed by atoms with Crippen LogP contribution in [0.2, 0.25) is 0 Å². The molecule has 1 aliphatic heterocycles. The van der Waals surface area contributed by atoms with E-state index in [1.165, 1.54) is 4.90 Å². The predicted octanol–water partition coefficient (Wildman–Crippen LogP) is 6.03. The van der Waals surface area contributed by atoms with Gasteiger partial charge in [-0.15, -0.1) is 0 Å². The van der Waals surface area contributed by atoms with Gasteiger partial charge in [-0.1, -0.05) is 48.9 Å². The molecule has 1 atom stereocenters. The number of carbonyl (C=O) groups is 2. The van der Waals surface area contributed by atoms with E-state index in [9.17, 15) is 14.7 Å². The number of carbonyl (C=O) groups excluding carboxylic acids is 2. The second-order valence-corrected chi connectivity index (χ2v) is 8.75. The zero-order valence-electron chi connectivity index (χ0n) is 20.0. The van der Waals surface area contributed by atoms with Gasteiger partial charge in [0.1, 0.15) is 11.5 Å². The maximum Gasteiger partial charge on any atom is 0.300 e.